The van der Waals surface area contributed by atoms with Crippen molar-refractivity contribution in [1.82, 2.24) is 9.97 Å². The molecule has 1 N–H and O–H groups in total. The summed E-state index contributed by atoms with van der Waals surface area (Å²) in [6.45, 7) is 3.61. The van der Waals surface area contributed by atoms with E-state index in [-0.39, 0.29) is 16.0 Å². The number of nitrogens with zero attached hydrogens (tertiary/aromatic N) is 1. The maximum atomic E-state index is 13.1. The molecule has 2 nitrogen and oxygen atoms in total. The summed E-state index contributed by atoms with van der Waals surface area (Å²) in [7, 11) is 0. The van der Waals surface area contributed by atoms with Crippen molar-refractivity contribution in [3.8, 4) is 11.4 Å². The summed E-state index contributed by atoms with van der Waals surface area (Å²) in [6, 6.07) is 2.48. The molecule has 0 saturated carbocycles. The van der Waals surface area contributed by atoms with E-state index in [1.165, 1.54) is 0 Å². The van der Waals surface area contributed by atoms with Crippen molar-refractivity contribution in [1.29, 1.82) is 0 Å². The third-order valence-electron chi connectivity index (χ3n) is 3.15. The predicted octanol–water partition coefficient (Wildman–Crippen LogP) is 4.83. The lowest BCUT2D eigenvalue weighted by Gasteiger charge is -2.14. The van der Waals surface area contributed by atoms with Crippen LogP contribution >= 0.6 is 12.2 Å². The number of benzene rings is 1. The van der Waals surface area contributed by atoms with Crippen LogP contribution in [0.2, 0.25) is 0 Å². The highest BCUT2D eigenvalue weighted by Crippen LogP contribution is 2.36. The highest BCUT2D eigenvalue weighted by molar-refractivity contribution is 7.71. The van der Waals surface area contributed by atoms with Crippen LogP contribution in [0.3, 0.4) is 0 Å². The van der Waals surface area contributed by atoms with E-state index in [4.69, 9.17) is 12.2 Å². The number of nitrogens with one attached hydrogen (secondary N) is 1. The van der Waals surface area contributed by atoms with Crippen molar-refractivity contribution in [3.63, 3.8) is 0 Å². The second-order valence-corrected chi connectivity index (χ2v) is 4.92. The van der Waals surface area contributed by atoms with Crippen molar-refractivity contribution in [2.24, 2.45) is 0 Å². The lowest BCUT2D eigenvalue weighted by molar-refractivity contribution is -0.137. The van der Waals surface area contributed by atoms with Gasteiger partial charge in [0.2, 0.25) is 0 Å². The van der Waals surface area contributed by atoms with E-state index in [1.54, 1.807) is 6.92 Å². The zero-order valence-corrected chi connectivity index (χ0v) is 12.1. The van der Waals surface area contributed by atoms with Gasteiger partial charge in [0.15, 0.2) is 0 Å². The number of aromatic nitrogens is 2. The molecule has 0 saturated heterocycles. The predicted molar refractivity (Wildman–Crippen MR) is 73.9 cm³/mol. The molecular formula is C14H12F4N2S. The van der Waals surface area contributed by atoms with Crippen molar-refractivity contribution >= 4 is 12.2 Å². The Morgan fingerprint density at radius 1 is 1.29 bits per heavy atom. The van der Waals surface area contributed by atoms with Crippen LogP contribution in [0.4, 0.5) is 17.6 Å². The number of hydrogen-bond acceptors (Lipinski definition) is 2. The minimum absolute atomic E-state index is 0.00484. The smallest absolute Gasteiger partial charge is 0.343 e. The average molecular weight is 316 g/mol. The van der Waals surface area contributed by atoms with Gasteiger partial charge in [0.25, 0.3) is 0 Å². The van der Waals surface area contributed by atoms with E-state index in [0.29, 0.717) is 18.2 Å². The van der Waals surface area contributed by atoms with Crippen LogP contribution in [0.5, 0.6) is 0 Å². The molecule has 0 spiro atoms. The molecule has 1 aromatic carbocycles. The molecule has 7 heteroatoms. The zero-order valence-electron chi connectivity index (χ0n) is 11.3. The molecule has 0 bridgehead atoms. The zero-order chi connectivity index (χ0) is 15.8. The Morgan fingerprint density at radius 3 is 2.52 bits per heavy atom. The van der Waals surface area contributed by atoms with Gasteiger partial charge < -0.3 is 4.98 Å². The van der Waals surface area contributed by atoms with E-state index in [1.807, 2.05) is 6.92 Å². The van der Waals surface area contributed by atoms with Crippen molar-refractivity contribution < 1.29 is 17.6 Å². The molecule has 2 rings (SSSR count). The van der Waals surface area contributed by atoms with Gasteiger partial charge in [-0.1, -0.05) is 19.1 Å². The topological polar surface area (TPSA) is 28.7 Å². The molecule has 1 heterocycles. The Morgan fingerprint density at radius 2 is 1.95 bits per heavy atom. The first kappa shape index (κ1) is 15.6. The first-order valence-electron chi connectivity index (χ1n) is 6.21. The van der Waals surface area contributed by atoms with Crippen LogP contribution in [0.1, 0.15) is 23.7 Å². The molecule has 0 atom stereocenters. The molecule has 1 aromatic heterocycles. The monoisotopic (exact) mass is 316 g/mol. The molecule has 0 aliphatic carbocycles. The number of aryl methyl sites for hydroxylation is 1. The Balaban J connectivity index is 2.73. The van der Waals surface area contributed by atoms with Gasteiger partial charge in [-0.2, -0.15) is 13.2 Å². The minimum Gasteiger partial charge on any atom is -0.343 e. The molecule has 0 aliphatic heterocycles. The molecule has 0 aliphatic rings. The van der Waals surface area contributed by atoms with Crippen LogP contribution in [-0.4, -0.2) is 9.97 Å². The Kier molecular flexibility index (Phi) is 4.13. The van der Waals surface area contributed by atoms with E-state index >= 15 is 0 Å². The lowest BCUT2D eigenvalue weighted by Crippen LogP contribution is -2.10. The third-order valence-corrected chi connectivity index (χ3v) is 3.55. The van der Waals surface area contributed by atoms with E-state index in [9.17, 15) is 17.6 Å². The van der Waals surface area contributed by atoms with Gasteiger partial charge in [0.05, 0.1) is 5.56 Å². The van der Waals surface area contributed by atoms with Crippen LogP contribution in [0.25, 0.3) is 11.4 Å². The lowest BCUT2D eigenvalue weighted by atomic mass is 10.1. The highest BCUT2D eigenvalue weighted by atomic mass is 32.1. The van der Waals surface area contributed by atoms with Gasteiger partial charge in [0.1, 0.15) is 16.3 Å². The summed E-state index contributed by atoms with van der Waals surface area (Å²) in [5, 5.41) is 0. The van der Waals surface area contributed by atoms with Crippen LogP contribution < -0.4 is 0 Å². The summed E-state index contributed by atoms with van der Waals surface area (Å²) in [5.41, 5.74) is 0.144. The Bertz CT molecular complexity index is 735. The number of H-pyrrole nitrogens is 1. The largest absolute Gasteiger partial charge is 0.417 e. The first-order chi connectivity index (χ1) is 9.74. The summed E-state index contributed by atoms with van der Waals surface area (Å²) < 4.78 is 52.5. The summed E-state index contributed by atoms with van der Waals surface area (Å²) in [4.78, 5) is 6.84. The number of rotatable bonds is 2. The number of alkyl halides is 3. The second-order valence-electron chi connectivity index (χ2n) is 4.54. The normalized spacial score (nSPS) is 11.7. The van der Waals surface area contributed by atoms with E-state index in [2.05, 4.69) is 9.97 Å². The number of aromatic amines is 1. The molecule has 0 unspecified atom stereocenters. The Labute approximate surface area is 123 Å². The molecule has 2 aromatic rings. The molecule has 21 heavy (non-hydrogen) atoms. The fourth-order valence-electron chi connectivity index (χ4n) is 2.02. The average Bonchev–Trinajstić information content (AvgIpc) is 2.40. The number of halogens is 4. The fraction of sp³-hybridized carbons (Fsp3) is 0.286. The maximum absolute atomic E-state index is 13.1. The standard InChI is InChI=1S/C14H12F4N2S/c1-3-11-7(2)13(21)20-12(19-11)9-5-4-8(15)6-10(9)14(16,17)18/h4-6H,3H2,1-2H3,(H,19,20,21). The van der Waals surface area contributed by atoms with Crippen molar-refractivity contribution in [2.45, 2.75) is 26.4 Å². The third kappa shape index (κ3) is 3.12. The van der Waals surface area contributed by atoms with Crippen molar-refractivity contribution in [3.05, 3.63) is 45.5 Å². The van der Waals surface area contributed by atoms with Gasteiger partial charge in [-0.15, -0.1) is 0 Å². The molecule has 0 radical (unpaired) electrons. The molecular weight excluding hydrogens is 304 g/mol. The molecule has 0 amide bonds. The quantitative estimate of drug-likeness (QED) is 0.635. The molecule has 0 fully saturated rings. The van der Waals surface area contributed by atoms with Gasteiger partial charge in [-0.25, -0.2) is 9.37 Å². The summed E-state index contributed by atoms with van der Waals surface area (Å²) in [5.74, 6) is -0.956. The van der Waals surface area contributed by atoms with Crippen LogP contribution in [0.15, 0.2) is 18.2 Å². The van der Waals surface area contributed by atoms with Crippen LogP contribution in [-0.2, 0) is 12.6 Å². The summed E-state index contributed by atoms with van der Waals surface area (Å²) in [6.07, 6.45) is -4.10. The SMILES string of the molecule is CCc1[nH]c(-c2ccc(F)cc2C(F)(F)F)nc(=S)c1C. The van der Waals surface area contributed by atoms with Crippen molar-refractivity contribution in [2.75, 3.05) is 0 Å². The fourth-order valence-corrected chi connectivity index (χ4v) is 2.23. The number of hydrogen-bond donors (Lipinski definition) is 1. The summed E-state index contributed by atoms with van der Waals surface area (Å²) >= 11 is 5.07. The first-order valence-corrected chi connectivity index (χ1v) is 6.61. The maximum Gasteiger partial charge on any atom is 0.417 e. The van der Waals surface area contributed by atoms with Gasteiger partial charge in [-0.3, -0.25) is 0 Å². The van der Waals surface area contributed by atoms with Gasteiger partial charge in [0, 0.05) is 16.8 Å². The van der Waals surface area contributed by atoms with Gasteiger partial charge in [-0.05, 0) is 31.5 Å². The van der Waals surface area contributed by atoms with Crippen LogP contribution in [0, 0.1) is 17.4 Å². The highest BCUT2D eigenvalue weighted by Gasteiger charge is 2.34. The van der Waals surface area contributed by atoms with E-state index < -0.39 is 17.6 Å². The molecule has 112 valence electrons. The van der Waals surface area contributed by atoms with Gasteiger partial charge >= 0.3 is 6.18 Å². The Hall–Kier alpha value is -1.76. The second kappa shape index (κ2) is 5.55. The van der Waals surface area contributed by atoms with E-state index in [0.717, 1.165) is 17.7 Å². The minimum atomic E-state index is -4.67.